The van der Waals surface area contributed by atoms with Crippen LogP contribution in [0.1, 0.15) is 26.7 Å². The van der Waals surface area contributed by atoms with E-state index in [0.717, 1.165) is 19.4 Å². The summed E-state index contributed by atoms with van der Waals surface area (Å²) in [6, 6.07) is 0. The second-order valence-electron chi connectivity index (χ2n) is 3.20. The number of alkyl halides is 1. The molecule has 0 N–H and O–H groups in total. The average Bonchev–Trinajstić information content (AvgIpc) is 1.60. The van der Waals surface area contributed by atoms with Crippen molar-refractivity contribution >= 4 is 15.9 Å². The Morgan fingerprint density at radius 1 is 1.56 bits per heavy atom. The normalized spacial score (nSPS) is 34.3. The molecule has 0 radical (unpaired) electrons. The van der Waals surface area contributed by atoms with Gasteiger partial charge in [-0.3, -0.25) is 0 Å². The fourth-order valence-electron chi connectivity index (χ4n) is 1.16. The summed E-state index contributed by atoms with van der Waals surface area (Å²) in [6.07, 6.45) is 2.29. The zero-order chi connectivity index (χ0) is 6.91. The van der Waals surface area contributed by atoms with Crippen molar-refractivity contribution in [3.8, 4) is 0 Å². The lowest BCUT2D eigenvalue weighted by molar-refractivity contribution is -0.0478. The van der Waals surface area contributed by atoms with E-state index < -0.39 is 0 Å². The van der Waals surface area contributed by atoms with Crippen molar-refractivity contribution < 1.29 is 4.74 Å². The van der Waals surface area contributed by atoms with Gasteiger partial charge in [-0.25, -0.2) is 0 Å². The summed E-state index contributed by atoms with van der Waals surface area (Å²) in [4.78, 5) is 0.668. The van der Waals surface area contributed by atoms with Crippen molar-refractivity contribution in [1.29, 1.82) is 0 Å². The fourth-order valence-corrected chi connectivity index (χ4v) is 2.12. The Hall–Kier alpha value is 0.440. The van der Waals surface area contributed by atoms with Crippen LogP contribution in [0.3, 0.4) is 0 Å². The Labute approximate surface area is 64.9 Å². The quantitative estimate of drug-likeness (QED) is 0.536. The third-order valence-electron chi connectivity index (χ3n) is 1.64. The van der Waals surface area contributed by atoms with E-state index in [1.54, 1.807) is 0 Å². The van der Waals surface area contributed by atoms with Crippen molar-refractivity contribution in [2.45, 2.75) is 37.1 Å². The molecule has 0 aromatic heterocycles. The molecular formula is C7H13BrO. The monoisotopic (exact) mass is 192 g/mol. The predicted octanol–water partition coefficient (Wildman–Crippen LogP) is 2.34. The predicted molar refractivity (Wildman–Crippen MR) is 42.0 cm³/mol. The second-order valence-corrected chi connectivity index (χ2v) is 4.49. The maximum Gasteiger partial charge on any atom is 0.0637 e. The summed E-state index contributed by atoms with van der Waals surface area (Å²) in [6.45, 7) is 5.18. The zero-order valence-electron chi connectivity index (χ0n) is 5.98. The van der Waals surface area contributed by atoms with Crippen LogP contribution in [0.2, 0.25) is 0 Å². The molecular weight excluding hydrogens is 180 g/mol. The van der Waals surface area contributed by atoms with Gasteiger partial charge in [0.25, 0.3) is 0 Å². The van der Waals surface area contributed by atoms with Crippen LogP contribution in [0.4, 0.5) is 0 Å². The van der Waals surface area contributed by atoms with Crippen molar-refractivity contribution in [1.82, 2.24) is 0 Å². The fraction of sp³-hybridized carbons (Fsp3) is 1.00. The first kappa shape index (κ1) is 7.55. The summed E-state index contributed by atoms with van der Waals surface area (Å²) in [7, 11) is 0. The molecule has 1 atom stereocenters. The number of hydrogen-bond acceptors (Lipinski definition) is 1. The number of ether oxygens (including phenoxy) is 1. The topological polar surface area (TPSA) is 9.23 Å². The summed E-state index contributed by atoms with van der Waals surface area (Å²) in [5, 5.41) is 0. The first-order valence-corrected chi connectivity index (χ1v) is 4.30. The SMILES string of the molecule is CC1(C)CC(Br)CCO1. The molecule has 0 aromatic carbocycles. The molecule has 0 amide bonds. The van der Waals surface area contributed by atoms with Gasteiger partial charge in [-0.05, 0) is 26.7 Å². The van der Waals surface area contributed by atoms with Crippen molar-refractivity contribution in [3.63, 3.8) is 0 Å². The molecule has 1 saturated heterocycles. The molecule has 2 heteroatoms. The molecule has 0 saturated carbocycles. The van der Waals surface area contributed by atoms with Crippen LogP contribution in [0, 0.1) is 0 Å². The molecule has 0 aliphatic carbocycles. The van der Waals surface area contributed by atoms with Crippen LogP contribution in [-0.2, 0) is 4.74 Å². The lowest BCUT2D eigenvalue weighted by Gasteiger charge is -2.32. The second kappa shape index (κ2) is 2.59. The van der Waals surface area contributed by atoms with Crippen LogP contribution in [0.15, 0.2) is 0 Å². The molecule has 54 valence electrons. The van der Waals surface area contributed by atoms with E-state index in [1.807, 2.05) is 0 Å². The maximum atomic E-state index is 5.51. The van der Waals surface area contributed by atoms with E-state index in [2.05, 4.69) is 29.8 Å². The molecule has 1 aliphatic rings. The van der Waals surface area contributed by atoms with E-state index in [9.17, 15) is 0 Å². The standard InChI is InChI=1S/C7H13BrO/c1-7(2)5-6(8)3-4-9-7/h6H,3-5H2,1-2H3. The van der Waals surface area contributed by atoms with E-state index >= 15 is 0 Å². The van der Waals surface area contributed by atoms with Gasteiger partial charge in [-0.2, -0.15) is 0 Å². The molecule has 0 aromatic rings. The van der Waals surface area contributed by atoms with E-state index in [0.29, 0.717) is 4.83 Å². The largest absolute Gasteiger partial charge is 0.375 e. The van der Waals surface area contributed by atoms with Gasteiger partial charge in [0.1, 0.15) is 0 Å². The molecule has 1 heterocycles. The van der Waals surface area contributed by atoms with Gasteiger partial charge >= 0.3 is 0 Å². The molecule has 0 bridgehead atoms. The van der Waals surface area contributed by atoms with Crippen molar-refractivity contribution in [3.05, 3.63) is 0 Å². The minimum absolute atomic E-state index is 0.104. The van der Waals surface area contributed by atoms with E-state index in [1.165, 1.54) is 0 Å². The first-order valence-electron chi connectivity index (χ1n) is 3.38. The Bertz CT molecular complexity index is 101. The van der Waals surface area contributed by atoms with Crippen molar-refractivity contribution in [2.24, 2.45) is 0 Å². The molecule has 1 unspecified atom stereocenters. The number of rotatable bonds is 0. The lowest BCUT2D eigenvalue weighted by atomic mass is 9.99. The van der Waals surface area contributed by atoms with Crippen LogP contribution in [0.5, 0.6) is 0 Å². The Balaban J connectivity index is 2.41. The summed E-state index contributed by atoms with van der Waals surface area (Å²) < 4.78 is 5.51. The summed E-state index contributed by atoms with van der Waals surface area (Å²) in [5.74, 6) is 0. The Morgan fingerprint density at radius 2 is 2.22 bits per heavy atom. The highest BCUT2D eigenvalue weighted by molar-refractivity contribution is 9.09. The minimum Gasteiger partial charge on any atom is -0.375 e. The van der Waals surface area contributed by atoms with E-state index in [-0.39, 0.29) is 5.60 Å². The molecule has 1 rings (SSSR count). The van der Waals surface area contributed by atoms with Gasteiger partial charge in [0.15, 0.2) is 0 Å². The Morgan fingerprint density at radius 3 is 2.56 bits per heavy atom. The van der Waals surface area contributed by atoms with Crippen LogP contribution in [-0.4, -0.2) is 17.0 Å². The lowest BCUT2D eigenvalue weighted by Crippen LogP contribution is -2.34. The van der Waals surface area contributed by atoms with Gasteiger partial charge < -0.3 is 4.74 Å². The maximum absolute atomic E-state index is 5.51. The van der Waals surface area contributed by atoms with Gasteiger partial charge in [0, 0.05) is 11.4 Å². The number of halogens is 1. The highest BCUT2D eigenvalue weighted by Crippen LogP contribution is 2.27. The van der Waals surface area contributed by atoms with Crippen LogP contribution >= 0.6 is 15.9 Å². The summed E-state index contributed by atoms with van der Waals surface area (Å²) >= 11 is 3.58. The van der Waals surface area contributed by atoms with Crippen LogP contribution in [0.25, 0.3) is 0 Å². The molecule has 9 heavy (non-hydrogen) atoms. The van der Waals surface area contributed by atoms with Gasteiger partial charge in [0.05, 0.1) is 5.60 Å². The smallest absolute Gasteiger partial charge is 0.0637 e. The summed E-state index contributed by atoms with van der Waals surface area (Å²) in [5.41, 5.74) is 0.104. The average molecular weight is 193 g/mol. The van der Waals surface area contributed by atoms with Gasteiger partial charge in [-0.15, -0.1) is 0 Å². The van der Waals surface area contributed by atoms with Gasteiger partial charge in [-0.1, -0.05) is 15.9 Å². The first-order chi connectivity index (χ1) is 4.10. The number of hydrogen-bond donors (Lipinski definition) is 0. The third-order valence-corrected chi connectivity index (χ3v) is 2.42. The zero-order valence-corrected chi connectivity index (χ0v) is 7.57. The molecule has 0 spiro atoms. The molecule has 1 fully saturated rings. The van der Waals surface area contributed by atoms with Crippen LogP contribution < -0.4 is 0 Å². The van der Waals surface area contributed by atoms with Gasteiger partial charge in [0.2, 0.25) is 0 Å². The molecule has 1 aliphatic heterocycles. The highest BCUT2D eigenvalue weighted by atomic mass is 79.9. The highest BCUT2D eigenvalue weighted by Gasteiger charge is 2.26. The van der Waals surface area contributed by atoms with E-state index in [4.69, 9.17) is 4.74 Å². The minimum atomic E-state index is 0.104. The van der Waals surface area contributed by atoms with Crippen molar-refractivity contribution in [2.75, 3.05) is 6.61 Å². The third kappa shape index (κ3) is 2.26. The molecule has 1 nitrogen and oxygen atoms in total. The Kier molecular flexibility index (Phi) is 2.17.